The van der Waals surface area contributed by atoms with Crippen LogP contribution in [0.4, 0.5) is 0 Å². The third-order valence-electron chi connectivity index (χ3n) is 1.15. The van der Waals surface area contributed by atoms with E-state index in [2.05, 4.69) is 11.2 Å². The van der Waals surface area contributed by atoms with Crippen LogP contribution in [0.5, 0.6) is 0 Å². The van der Waals surface area contributed by atoms with Crippen LogP contribution in [-0.4, -0.2) is 17.4 Å². The Bertz CT molecular complexity index is 238. The van der Waals surface area contributed by atoms with Crippen LogP contribution in [0.1, 0.15) is 20.3 Å². The van der Waals surface area contributed by atoms with E-state index in [4.69, 9.17) is 12.2 Å². The van der Waals surface area contributed by atoms with Crippen molar-refractivity contribution in [1.82, 2.24) is 5.32 Å². The smallest absolute Gasteiger partial charge is 0.230 e. The second-order valence-electron chi connectivity index (χ2n) is 2.96. The van der Waals surface area contributed by atoms with Gasteiger partial charge in [0, 0.05) is 0 Å². The normalized spacial score (nSPS) is 10.1. The molecule has 0 heterocycles. The summed E-state index contributed by atoms with van der Waals surface area (Å²) in [7, 11) is 0. The highest BCUT2D eigenvalue weighted by Gasteiger charge is 2.17. The van der Waals surface area contributed by atoms with Gasteiger partial charge in [-0.05, 0) is 13.8 Å². The minimum absolute atomic E-state index is 0.328. The highest BCUT2D eigenvalue weighted by molar-refractivity contribution is 5.96. The molecular weight excluding hydrogens is 156 g/mol. The van der Waals surface area contributed by atoms with Crippen LogP contribution in [0.3, 0.4) is 0 Å². The molecule has 3 N–H and O–H groups in total. The van der Waals surface area contributed by atoms with E-state index >= 15 is 0 Å². The molecule has 0 atom stereocenters. The van der Waals surface area contributed by atoms with Gasteiger partial charge in [0.1, 0.15) is 6.42 Å². The summed E-state index contributed by atoms with van der Waals surface area (Å²) in [6.07, 6.45) is 4.78. The molecule has 66 valence electrons. The summed E-state index contributed by atoms with van der Waals surface area (Å²) in [4.78, 5) is 21.2. The van der Waals surface area contributed by atoms with Crippen molar-refractivity contribution >= 4 is 11.8 Å². The molecule has 0 saturated heterocycles. The molecule has 0 unspecified atom stereocenters. The van der Waals surface area contributed by atoms with Gasteiger partial charge < -0.3 is 11.1 Å². The van der Waals surface area contributed by atoms with Crippen molar-refractivity contribution in [3.8, 4) is 12.3 Å². The van der Waals surface area contributed by atoms with Crippen LogP contribution in [-0.2, 0) is 9.59 Å². The largest absolute Gasteiger partial charge is 0.369 e. The second-order valence-corrected chi connectivity index (χ2v) is 2.96. The van der Waals surface area contributed by atoms with Gasteiger partial charge in [0.05, 0.1) is 5.54 Å². The van der Waals surface area contributed by atoms with Gasteiger partial charge >= 0.3 is 0 Å². The van der Waals surface area contributed by atoms with E-state index < -0.39 is 17.4 Å². The van der Waals surface area contributed by atoms with Crippen LogP contribution in [0.15, 0.2) is 0 Å². The summed E-state index contributed by atoms with van der Waals surface area (Å²) < 4.78 is 0. The van der Waals surface area contributed by atoms with Gasteiger partial charge in [0.2, 0.25) is 11.8 Å². The Morgan fingerprint density at radius 3 is 2.42 bits per heavy atom. The van der Waals surface area contributed by atoms with Gasteiger partial charge in [0.15, 0.2) is 0 Å². The number of hydrogen-bond acceptors (Lipinski definition) is 2. The number of carbonyl (C=O) groups excluding carboxylic acids is 2. The number of rotatable bonds is 3. The van der Waals surface area contributed by atoms with Gasteiger partial charge in [-0.3, -0.25) is 9.59 Å². The summed E-state index contributed by atoms with van der Waals surface area (Å²) >= 11 is 0. The summed E-state index contributed by atoms with van der Waals surface area (Å²) in [6, 6.07) is 0. The predicted octanol–water partition coefficient (Wildman–Crippen LogP) is -0.610. The molecule has 0 fully saturated rings. The SMILES string of the molecule is C#CC(C)(C)NC(=O)CC(N)=O. The number of primary amides is 1. The lowest BCUT2D eigenvalue weighted by Crippen LogP contribution is -2.43. The van der Waals surface area contributed by atoms with Gasteiger partial charge in [-0.2, -0.15) is 0 Å². The van der Waals surface area contributed by atoms with E-state index in [0.29, 0.717) is 0 Å². The van der Waals surface area contributed by atoms with E-state index in [9.17, 15) is 9.59 Å². The number of nitrogens with two attached hydrogens (primary N) is 1. The Morgan fingerprint density at radius 1 is 1.58 bits per heavy atom. The highest BCUT2D eigenvalue weighted by atomic mass is 16.2. The Kier molecular flexibility index (Phi) is 3.30. The van der Waals surface area contributed by atoms with Crippen molar-refractivity contribution in [2.24, 2.45) is 5.73 Å². The van der Waals surface area contributed by atoms with Crippen LogP contribution in [0, 0.1) is 12.3 Å². The first kappa shape index (κ1) is 10.5. The third kappa shape index (κ3) is 4.34. The number of carbonyl (C=O) groups is 2. The summed E-state index contributed by atoms with van der Waals surface area (Å²) in [6.45, 7) is 3.32. The fraction of sp³-hybridized carbons (Fsp3) is 0.500. The molecule has 2 amide bonds. The van der Waals surface area contributed by atoms with Crippen molar-refractivity contribution in [2.45, 2.75) is 25.8 Å². The van der Waals surface area contributed by atoms with Crippen molar-refractivity contribution in [2.75, 3.05) is 0 Å². The lowest BCUT2D eigenvalue weighted by atomic mass is 10.1. The summed E-state index contributed by atoms with van der Waals surface area (Å²) in [5, 5.41) is 2.46. The highest BCUT2D eigenvalue weighted by Crippen LogP contribution is 1.98. The molecule has 0 aliphatic heterocycles. The Hall–Kier alpha value is -1.50. The van der Waals surface area contributed by atoms with E-state index in [1.54, 1.807) is 13.8 Å². The third-order valence-corrected chi connectivity index (χ3v) is 1.15. The fourth-order valence-corrected chi connectivity index (χ4v) is 0.587. The molecule has 0 spiro atoms. The molecule has 0 radical (unpaired) electrons. The summed E-state index contributed by atoms with van der Waals surface area (Å²) in [5.41, 5.74) is 4.07. The van der Waals surface area contributed by atoms with Crippen LogP contribution >= 0.6 is 0 Å². The van der Waals surface area contributed by atoms with Gasteiger partial charge in [0.25, 0.3) is 0 Å². The van der Waals surface area contributed by atoms with Crippen molar-refractivity contribution in [3.05, 3.63) is 0 Å². The zero-order valence-electron chi connectivity index (χ0n) is 7.18. The van der Waals surface area contributed by atoms with Crippen LogP contribution in [0.25, 0.3) is 0 Å². The summed E-state index contributed by atoms with van der Waals surface area (Å²) in [5.74, 6) is 1.24. The molecule has 0 aromatic rings. The minimum atomic E-state index is -0.730. The minimum Gasteiger partial charge on any atom is -0.369 e. The van der Waals surface area contributed by atoms with Crippen LogP contribution < -0.4 is 11.1 Å². The van der Waals surface area contributed by atoms with Crippen molar-refractivity contribution in [3.63, 3.8) is 0 Å². The first-order valence-corrected chi connectivity index (χ1v) is 3.44. The zero-order chi connectivity index (χ0) is 9.78. The molecule has 0 aliphatic rings. The Balaban J connectivity index is 4.03. The maximum Gasteiger partial charge on any atom is 0.230 e. The first-order chi connectivity index (χ1) is 5.37. The van der Waals surface area contributed by atoms with Gasteiger partial charge in [-0.25, -0.2) is 0 Å². The van der Waals surface area contributed by atoms with Crippen molar-refractivity contribution < 1.29 is 9.59 Å². The Labute approximate surface area is 71.5 Å². The van der Waals surface area contributed by atoms with Gasteiger partial charge in [-0.15, -0.1) is 6.42 Å². The number of hydrogen-bond donors (Lipinski definition) is 2. The quantitative estimate of drug-likeness (QED) is 0.436. The molecule has 0 saturated carbocycles. The van der Waals surface area contributed by atoms with E-state index in [1.165, 1.54) is 0 Å². The predicted molar refractivity (Wildman–Crippen MR) is 44.9 cm³/mol. The number of terminal acetylenes is 1. The molecule has 0 bridgehead atoms. The van der Waals surface area contributed by atoms with E-state index in [1.807, 2.05) is 0 Å². The second kappa shape index (κ2) is 3.77. The lowest BCUT2D eigenvalue weighted by molar-refractivity contribution is -0.128. The molecule has 0 rings (SSSR count). The maximum absolute atomic E-state index is 10.9. The molecule has 4 nitrogen and oxygen atoms in total. The van der Waals surface area contributed by atoms with Crippen molar-refractivity contribution in [1.29, 1.82) is 0 Å². The van der Waals surface area contributed by atoms with E-state index in [-0.39, 0.29) is 6.42 Å². The number of amides is 2. The molecular formula is C8H12N2O2. The monoisotopic (exact) mass is 168 g/mol. The lowest BCUT2D eigenvalue weighted by Gasteiger charge is -2.18. The zero-order valence-corrected chi connectivity index (χ0v) is 7.18. The average molecular weight is 168 g/mol. The maximum atomic E-state index is 10.9. The average Bonchev–Trinajstić information content (AvgIpc) is 1.84. The molecule has 12 heavy (non-hydrogen) atoms. The Morgan fingerprint density at radius 2 is 2.08 bits per heavy atom. The van der Waals surface area contributed by atoms with E-state index in [0.717, 1.165) is 0 Å². The molecule has 0 aromatic heterocycles. The standard InChI is InChI=1S/C8H12N2O2/c1-4-8(2,3)10-7(12)5-6(9)11/h1H,5H2,2-3H3,(H2,9,11)(H,10,12). The van der Waals surface area contributed by atoms with Gasteiger partial charge in [-0.1, -0.05) is 5.92 Å². The first-order valence-electron chi connectivity index (χ1n) is 3.44. The molecule has 0 aromatic carbocycles. The fourth-order valence-electron chi connectivity index (χ4n) is 0.587. The molecule has 0 aliphatic carbocycles. The van der Waals surface area contributed by atoms with Crippen LogP contribution in [0.2, 0.25) is 0 Å². The number of nitrogens with one attached hydrogen (secondary N) is 1. The molecule has 4 heteroatoms. The topological polar surface area (TPSA) is 72.2 Å².